The zero-order chi connectivity index (χ0) is 10.2. The number of aliphatic hydroxyl groups excluding tert-OH is 1. The predicted molar refractivity (Wildman–Crippen MR) is 63.0 cm³/mol. The van der Waals surface area contributed by atoms with Gasteiger partial charge in [0.15, 0.2) is 0 Å². The highest BCUT2D eigenvalue weighted by molar-refractivity contribution is 5.85. The van der Waals surface area contributed by atoms with Crippen LogP contribution >= 0.6 is 12.4 Å². The van der Waals surface area contributed by atoms with Gasteiger partial charge in [-0.25, -0.2) is 0 Å². The maximum Gasteiger partial charge on any atom is 0.0717 e. The van der Waals surface area contributed by atoms with Crippen LogP contribution in [0.2, 0.25) is 0 Å². The van der Waals surface area contributed by atoms with Gasteiger partial charge in [-0.2, -0.15) is 0 Å². The van der Waals surface area contributed by atoms with E-state index in [1.54, 1.807) is 0 Å². The molecule has 0 saturated carbocycles. The first-order valence-electron chi connectivity index (χ1n) is 4.79. The second kappa shape index (κ2) is 8.68. The first-order chi connectivity index (χ1) is 6.86. The van der Waals surface area contributed by atoms with Gasteiger partial charge in [-0.3, -0.25) is 0 Å². The molecule has 3 N–H and O–H groups in total. The fraction of sp³-hybridized carbons (Fsp3) is 0.455. The summed E-state index contributed by atoms with van der Waals surface area (Å²) in [6, 6.07) is 9.95. The van der Waals surface area contributed by atoms with Gasteiger partial charge in [-0.1, -0.05) is 30.3 Å². The Bertz CT molecular complexity index is 240. The van der Waals surface area contributed by atoms with Crippen LogP contribution in [0, 0.1) is 5.92 Å². The molecule has 0 radical (unpaired) electrons. The molecule has 1 rings (SSSR count). The highest BCUT2D eigenvalue weighted by Crippen LogP contribution is 2.02. The van der Waals surface area contributed by atoms with Gasteiger partial charge in [0.25, 0.3) is 0 Å². The van der Waals surface area contributed by atoms with E-state index < -0.39 is 0 Å². The first-order valence-corrected chi connectivity index (χ1v) is 4.79. The van der Waals surface area contributed by atoms with Crippen LogP contribution in [0.15, 0.2) is 30.3 Å². The summed E-state index contributed by atoms with van der Waals surface area (Å²) in [5, 5.41) is 8.86. The number of benzene rings is 1. The predicted octanol–water partition coefficient (Wildman–Crippen LogP) is 1.19. The summed E-state index contributed by atoms with van der Waals surface area (Å²) in [6.07, 6.45) is 0. The Morgan fingerprint density at radius 1 is 1.27 bits per heavy atom. The van der Waals surface area contributed by atoms with Gasteiger partial charge >= 0.3 is 0 Å². The van der Waals surface area contributed by atoms with Gasteiger partial charge < -0.3 is 15.6 Å². The van der Waals surface area contributed by atoms with Crippen LogP contribution in [-0.4, -0.2) is 24.9 Å². The summed E-state index contributed by atoms with van der Waals surface area (Å²) in [7, 11) is 0. The third kappa shape index (κ3) is 5.74. The van der Waals surface area contributed by atoms with Gasteiger partial charge in [0, 0.05) is 12.5 Å². The van der Waals surface area contributed by atoms with Crippen LogP contribution in [0.5, 0.6) is 0 Å². The van der Waals surface area contributed by atoms with E-state index in [0.29, 0.717) is 19.8 Å². The quantitative estimate of drug-likeness (QED) is 0.774. The summed E-state index contributed by atoms with van der Waals surface area (Å²) < 4.78 is 5.42. The Kier molecular flexibility index (Phi) is 8.33. The van der Waals surface area contributed by atoms with Crippen molar-refractivity contribution in [1.29, 1.82) is 0 Å². The van der Waals surface area contributed by atoms with Gasteiger partial charge in [0.05, 0.1) is 13.2 Å². The van der Waals surface area contributed by atoms with Crippen LogP contribution in [0.1, 0.15) is 5.56 Å². The number of hydrogen-bond acceptors (Lipinski definition) is 3. The van der Waals surface area contributed by atoms with Crippen LogP contribution in [0.4, 0.5) is 0 Å². The van der Waals surface area contributed by atoms with Gasteiger partial charge in [-0.05, 0) is 12.1 Å². The van der Waals surface area contributed by atoms with Crippen LogP contribution in [0.25, 0.3) is 0 Å². The number of aliphatic hydroxyl groups is 1. The van der Waals surface area contributed by atoms with Crippen LogP contribution in [0.3, 0.4) is 0 Å². The molecule has 0 aromatic heterocycles. The van der Waals surface area contributed by atoms with Gasteiger partial charge in [0.1, 0.15) is 0 Å². The molecule has 0 saturated heterocycles. The Morgan fingerprint density at radius 3 is 2.47 bits per heavy atom. The molecule has 1 atom stereocenters. The van der Waals surface area contributed by atoms with Gasteiger partial charge in [0.2, 0.25) is 0 Å². The minimum Gasteiger partial charge on any atom is -0.396 e. The molecule has 0 heterocycles. The van der Waals surface area contributed by atoms with Crippen molar-refractivity contribution in [1.82, 2.24) is 0 Å². The number of halogens is 1. The normalized spacial score (nSPS) is 11.9. The molecule has 0 spiro atoms. The summed E-state index contributed by atoms with van der Waals surface area (Å²) in [5.41, 5.74) is 6.56. The second-order valence-electron chi connectivity index (χ2n) is 3.29. The van der Waals surface area contributed by atoms with Crippen molar-refractivity contribution in [3.8, 4) is 0 Å². The van der Waals surface area contributed by atoms with E-state index in [9.17, 15) is 0 Å². The van der Waals surface area contributed by atoms with E-state index in [4.69, 9.17) is 15.6 Å². The molecule has 3 nitrogen and oxygen atoms in total. The minimum absolute atomic E-state index is 0. The van der Waals surface area contributed by atoms with Gasteiger partial charge in [-0.15, -0.1) is 12.4 Å². The second-order valence-corrected chi connectivity index (χ2v) is 3.29. The topological polar surface area (TPSA) is 55.5 Å². The Morgan fingerprint density at radius 2 is 1.93 bits per heavy atom. The molecule has 0 bridgehead atoms. The molecule has 0 aliphatic carbocycles. The summed E-state index contributed by atoms with van der Waals surface area (Å²) >= 11 is 0. The van der Waals surface area contributed by atoms with Crippen molar-refractivity contribution in [2.24, 2.45) is 11.7 Å². The van der Waals surface area contributed by atoms with E-state index in [1.165, 1.54) is 0 Å². The summed E-state index contributed by atoms with van der Waals surface area (Å²) in [6.45, 7) is 1.65. The first kappa shape index (κ1) is 14.4. The Labute approximate surface area is 96.7 Å². The minimum atomic E-state index is 0. The molecule has 4 heteroatoms. The Hall–Kier alpha value is -0.610. The number of rotatable bonds is 6. The molecule has 86 valence electrons. The maximum atomic E-state index is 8.86. The Balaban J connectivity index is 0.00000196. The van der Waals surface area contributed by atoms with Crippen LogP contribution in [-0.2, 0) is 11.3 Å². The van der Waals surface area contributed by atoms with E-state index >= 15 is 0 Å². The SMILES string of the molecule is Cl.NC[C@@H](CO)COCc1ccccc1. The molecule has 0 fully saturated rings. The van der Waals surface area contributed by atoms with Crippen molar-refractivity contribution in [3.63, 3.8) is 0 Å². The molecule has 0 aliphatic rings. The monoisotopic (exact) mass is 231 g/mol. The molecule has 1 aromatic rings. The van der Waals surface area contributed by atoms with E-state index in [0.717, 1.165) is 5.56 Å². The third-order valence-electron chi connectivity index (χ3n) is 2.06. The number of hydrogen-bond donors (Lipinski definition) is 2. The molecule has 0 unspecified atom stereocenters. The fourth-order valence-corrected chi connectivity index (χ4v) is 1.11. The zero-order valence-electron chi connectivity index (χ0n) is 8.63. The largest absolute Gasteiger partial charge is 0.396 e. The van der Waals surface area contributed by atoms with E-state index in [-0.39, 0.29) is 24.9 Å². The van der Waals surface area contributed by atoms with Crippen LogP contribution < -0.4 is 5.73 Å². The standard InChI is InChI=1S/C11H17NO2.ClH/c12-6-11(7-13)9-14-8-10-4-2-1-3-5-10;/h1-5,11,13H,6-9,12H2;1H/t11-;/m0./s1. The smallest absolute Gasteiger partial charge is 0.0717 e. The van der Waals surface area contributed by atoms with Crippen molar-refractivity contribution in [2.75, 3.05) is 19.8 Å². The summed E-state index contributed by atoms with van der Waals surface area (Å²) in [4.78, 5) is 0. The molecule has 15 heavy (non-hydrogen) atoms. The molecular weight excluding hydrogens is 214 g/mol. The molecule has 1 aromatic carbocycles. The lowest BCUT2D eigenvalue weighted by Crippen LogP contribution is -2.23. The van der Waals surface area contributed by atoms with Crippen molar-refractivity contribution in [2.45, 2.75) is 6.61 Å². The highest BCUT2D eigenvalue weighted by Gasteiger charge is 2.04. The average molecular weight is 232 g/mol. The maximum absolute atomic E-state index is 8.86. The van der Waals surface area contributed by atoms with Crippen molar-refractivity contribution < 1.29 is 9.84 Å². The number of nitrogens with two attached hydrogens (primary N) is 1. The molecule has 0 amide bonds. The zero-order valence-corrected chi connectivity index (χ0v) is 9.45. The molecular formula is C11H18ClNO2. The average Bonchev–Trinajstić information content (AvgIpc) is 2.26. The summed E-state index contributed by atoms with van der Waals surface area (Å²) in [5.74, 6) is 0.0544. The lowest BCUT2D eigenvalue weighted by atomic mass is 10.2. The van der Waals surface area contributed by atoms with E-state index in [2.05, 4.69) is 0 Å². The van der Waals surface area contributed by atoms with E-state index in [1.807, 2.05) is 30.3 Å². The van der Waals surface area contributed by atoms with Crippen molar-refractivity contribution in [3.05, 3.63) is 35.9 Å². The lowest BCUT2D eigenvalue weighted by Gasteiger charge is -2.11. The highest BCUT2D eigenvalue weighted by atomic mass is 35.5. The third-order valence-corrected chi connectivity index (χ3v) is 2.06. The van der Waals surface area contributed by atoms with Crippen molar-refractivity contribution >= 4 is 12.4 Å². The fourth-order valence-electron chi connectivity index (χ4n) is 1.11. The lowest BCUT2D eigenvalue weighted by molar-refractivity contribution is 0.0660. The molecule has 0 aliphatic heterocycles. The number of ether oxygens (including phenoxy) is 1.